The molecule has 2 fully saturated rings. The molecule has 3 N–H and O–H groups in total. The monoisotopic (exact) mass is 288 g/mol. The van der Waals surface area contributed by atoms with Gasteiger partial charge in [0.05, 0.1) is 12.1 Å². The number of nitrogens with zero attached hydrogens (tertiary/aromatic N) is 1. The molecule has 1 unspecified atom stereocenters. The molecule has 0 radical (unpaired) electrons. The van der Waals surface area contributed by atoms with Crippen LogP contribution in [-0.4, -0.2) is 51.2 Å². The third-order valence-electron chi connectivity index (χ3n) is 3.96. The van der Waals surface area contributed by atoms with E-state index in [1.807, 2.05) is 0 Å². The Balaban J connectivity index is 2.35. The van der Waals surface area contributed by atoms with Crippen LogP contribution in [0.5, 0.6) is 0 Å². The van der Waals surface area contributed by atoms with E-state index in [1.54, 1.807) is 0 Å². The van der Waals surface area contributed by atoms with Crippen LogP contribution in [0.25, 0.3) is 0 Å². The predicted molar refractivity (Wildman–Crippen MR) is 67.7 cm³/mol. The molecule has 106 valence electrons. The number of alkyl halides is 1. The Kier molecular flexibility index (Phi) is 3.82. The van der Waals surface area contributed by atoms with Crippen molar-refractivity contribution in [2.75, 3.05) is 0 Å². The number of hydrogen-bond donors (Lipinski definition) is 2. The lowest BCUT2D eigenvalue weighted by atomic mass is 9.83. The number of hydrogen-bond acceptors (Lipinski definition) is 4. The zero-order valence-electron chi connectivity index (χ0n) is 10.6. The SMILES string of the molecule is C[C@@H](N)C(=O)N1[C@H](C(=O)O)C[C@@H]2CCC(=O)C(Cl)[C@@H]21. The number of Topliss-reactive ketones (excluding diaryl/α,β-unsaturated/α-hetero) is 1. The van der Waals surface area contributed by atoms with Gasteiger partial charge in [-0.1, -0.05) is 0 Å². The Hall–Kier alpha value is -1.14. The normalized spacial score (nSPS) is 35.9. The van der Waals surface area contributed by atoms with Crippen LogP contribution in [0.2, 0.25) is 0 Å². The van der Waals surface area contributed by atoms with Gasteiger partial charge in [-0.2, -0.15) is 0 Å². The number of carbonyl (C=O) groups is 3. The number of carbonyl (C=O) groups excluding carboxylic acids is 2. The van der Waals surface area contributed by atoms with Gasteiger partial charge in [-0.25, -0.2) is 4.79 Å². The lowest BCUT2D eigenvalue weighted by Crippen LogP contribution is -2.56. The van der Waals surface area contributed by atoms with Gasteiger partial charge in [-0.3, -0.25) is 9.59 Å². The standard InChI is InChI=1S/C12H17ClN2O4/c1-5(14)11(17)15-7(12(18)19)4-6-2-3-8(16)9(13)10(6)15/h5-7,9-10H,2-4,14H2,1H3,(H,18,19)/t5-,6+,7+,9?,10-/m1/s1. The third-order valence-corrected chi connectivity index (χ3v) is 4.47. The van der Waals surface area contributed by atoms with Crippen molar-refractivity contribution in [3.8, 4) is 0 Å². The van der Waals surface area contributed by atoms with Crippen molar-refractivity contribution in [2.45, 2.75) is 49.7 Å². The summed E-state index contributed by atoms with van der Waals surface area (Å²) in [6, 6.07) is -2.27. The first-order valence-corrected chi connectivity index (χ1v) is 6.75. The van der Waals surface area contributed by atoms with Gasteiger partial charge in [0.25, 0.3) is 0 Å². The van der Waals surface area contributed by atoms with Crippen molar-refractivity contribution < 1.29 is 19.5 Å². The van der Waals surface area contributed by atoms with Crippen LogP contribution in [0.1, 0.15) is 26.2 Å². The quantitative estimate of drug-likeness (QED) is 0.695. The number of aliphatic carboxylic acids is 1. The third kappa shape index (κ3) is 2.34. The minimum atomic E-state index is -1.07. The second-order valence-electron chi connectivity index (χ2n) is 5.28. The summed E-state index contributed by atoms with van der Waals surface area (Å²) in [6.07, 6.45) is 1.27. The van der Waals surface area contributed by atoms with Crippen molar-refractivity contribution in [3.63, 3.8) is 0 Å². The number of carboxylic acids is 1. The van der Waals surface area contributed by atoms with E-state index in [0.29, 0.717) is 19.3 Å². The smallest absolute Gasteiger partial charge is 0.326 e. The van der Waals surface area contributed by atoms with E-state index >= 15 is 0 Å². The number of ketones is 1. The molecule has 0 aromatic heterocycles. The minimum Gasteiger partial charge on any atom is -0.480 e. The van der Waals surface area contributed by atoms with Gasteiger partial charge in [0.1, 0.15) is 11.4 Å². The summed E-state index contributed by atoms with van der Waals surface area (Å²) in [5.74, 6) is -1.69. The summed E-state index contributed by atoms with van der Waals surface area (Å²) >= 11 is 6.10. The van der Waals surface area contributed by atoms with E-state index in [4.69, 9.17) is 17.3 Å². The molecule has 2 rings (SSSR count). The van der Waals surface area contributed by atoms with E-state index in [2.05, 4.69) is 0 Å². The molecule has 1 amide bonds. The van der Waals surface area contributed by atoms with Crippen LogP contribution in [0, 0.1) is 5.92 Å². The molecular formula is C12H17ClN2O4. The summed E-state index contributed by atoms with van der Waals surface area (Å²) < 4.78 is 0. The Morgan fingerprint density at radius 2 is 2.16 bits per heavy atom. The first-order chi connectivity index (χ1) is 8.84. The highest BCUT2D eigenvalue weighted by Gasteiger charge is 2.53. The van der Waals surface area contributed by atoms with Gasteiger partial charge < -0.3 is 15.7 Å². The molecule has 7 heteroatoms. The zero-order chi connectivity index (χ0) is 14.3. The summed E-state index contributed by atoms with van der Waals surface area (Å²) in [5.41, 5.74) is 5.57. The Morgan fingerprint density at radius 3 is 2.68 bits per heavy atom. The maximum absolute atomic E-state index is 12.1. The van der Waals surface area contributed by atoms with E-state index in [1.165, 1.54) is 11.8 Å². The van der Waals surface area contributed by atoms with Gasteiger partial charge >= 0.3 is 5.97 Å². The molecule has 1 aliphatic heterocycles. The molecule has 0 aromatic rings. The molecule has 1 aliphatic carbocycles. The summed E-state index contributed by atoms with van der Waals surface area (Å²) in [6.45, 7) is 1.50. The molecule has 0 aromatic carbocycles. The highest BCUT2D eigenvalue weighted by molar-refractivity contribution is 6.32. The molecule has 0 spiro atoms. The van der Waals surface area contributed by atoms with Gasteiger partial charge in [0, 0.05) is 6.42 Å². The predicted octanol–water partition coefficient (Wildman–Crippen LogP) is -0.0258. The van der Waals surface area contributed by atoms with E-state index in [-0.39, 0.29) is 11.7 Å². The average Bonchev–Trinajstić information content (AvgIpc) is 2.73. The second-order valence-corrected chi connectivity index (χ2v) is 5.75. The first-order valence-electron chi connectivity index (χ1n) is 6.32. The number of carboxylic acid groups (broad SMARTS) is 1. The summed E-state index contributed by atoms with van der Waals surface area (Å²) in [5, 5.41) is 8.42. The number of halogens is 1. The van der Waals surface area contributed by atoms with Crippen molar-refractivity contribution in [2.24, 2.45) is 11.7 Å². The zero-order valence-corrected chi connectivity index (χ0v) is 11.3. The summed E-state index contributed by atoms with van der Waals surface area (Å²) in [4.78, 5) is 36.4. The van der Waals surface area contributed by atoms with Crippen molar-refractivity contribution >= 4 is 29.3 Å². The number of amides is 1. The topological polar surface area (TPSA) is 101 Å². The van der Waals surface area contributed by atoms with Crippen LogP contribution in [0.4, 0.5) is 0 Å². The Bertz CT molecular complexity index is 426. The maximum atomic E-state index is 12.1. The highest BCUT2D eigenvalue weighted by atomic mass is 35.5. The summed E-state index contributed by atoms with van der Waals surface area (Å²) in [7, 11) is 0. The molecule has 1 saturated heterocycles. The molecule has 19 heavy (non-hydrogen) atoms. The van der Waals surface area contributed by atoms with Crippen molar-refractivity contribution in [3.05, 3.63) is 0 Å². The van der Waals surface area contributed by atoms with Gasteiger partial charge in [0.2, 0.25) is 5.91 Å². The highest BCUT2D eigenvalue weighted by Crippen LogP contribution is 2.41. The Labute approximate surface area is 115 Å². The van der Waals surface area contributed by atoms with E-state index in [0.717, 1.165) is 0 Å². The maximum Gasteiger partial charge on any atom is 0.326 e. The number of rotatable bonds is 2. The molecule has 2 aliphatic rings. The molecular weight excluding hydrogens is 272 g/mol. The van der Waals surface area contributed by atoms with Gasteiger partial charge in [-0.15, -0.1) is 11.6 Å². The molecule has 1 heterocycles. The van der Waals surface area contributed by atoms with Crippen LogP contribution in [-0.2, 0) is 14.4 Å². The number of nitrogens with two attached hydrogens (primary N) is 1. The van der Waals surface area contributed by atoms with Gasteiger partial charge in [0.15, 0.2) is 5.78 Å². The first kappa shape index (κ1) is 14.3. The Morgan fingerprint density at radius 1 is 1.53 bits per heavy atom. The fourth-order valence-electron chi connectivity index (χ4n) is 3.05. The average molecular weight is 289 g/mol. The van der Waals surface area contributed by atoms with Crippen LogP contribution < -0.4 is 5.73 Å². The largest absolute Gasteiger partial charge is 0.480 e. The van der Waals surface area contributed by atoms with Crippen molar-refractivity contribution in [1.82, 2.24) is 4.90 Å². The molecule has 0 bridgehead atoms. The lowest BCUT2D eigenvalue weighted by Gasteiger charge is -2.36. The molecule has 1 saturated carbocycles. The fourth-order valence-corrected chi connectivity index (χ4v) is 3.49. The lowest BCUT2D eigenvalue weighted by molar-refractivity contribution is -0.150. The van der Waals surface area contributed by atoms with Crippen LogP contribution in [0.3, 0.4) is 0 Å². The second kappa shape index (κ2) is 5.09. The van der Waals surface area contributed by atoms with Crippen LogP contribution >= 0.6 is 11.6 Å². The number of fused-ring (bicyclic) bond motifs is 1. The van der Waals surface area contributed by atoms with E-state index < -0.39 is 35.4 Å². The van der Waals surface area contributed by atoms with Crippen molar-refractivity contribution in [1.29, 1.82) is 0 Å². The fraction of sp³-hybridized carbons (Fsp3) is 0.750. The molecule has 5 atom stereocenters. The van der Waals surface area contributed by atoms with Crippen LogP contribution in [0.15, 0.2) is 0 Å². The minimum absolute atomic E-state index is 0.0380. The number of likely N-dealkylation sites (tertiary alicyclic amines) is 1. The van der Waals surface area contributed by atoms with E-state index in [9.17, 15) is 19.5 Å². The van der Waals surface area contributed by atoms with Gasteiger partial charge in [-0.05, 0) is 25.7 Å². The molecule has 6 nitrogen and oxygen atoms in total.